The van der Waals surface area contributed by atoms with Gasteiger partial charge in [-0.05, 0) is 43.2 Å². The number of hydrogen-bond donors (Lipinski definition) is 2. The first-order chi connectivity index (χ1) is 12.6. The third-order valence-corrected chi connectivity index (χ3v) is 6.15. The van der Waals surface area contributed by atoms with Gasteiger partial charge in [-0.2, -0.15) is 0 Å². The molecule has 2 aliphatic rings. The van der Waals surface area contributed by atoms with Crippen LogP contribution in [0, 0.1) is 0 Å². The molecule has 3 rings (SSSR count). The predicted octanol–water partition coefficient (Wildman–Crippen LogP) is 2.90. The van der Waals surface area contributed by atoms with Crippen LogP contribution in [0.1, 0.15) is 38.5 Å². The van der Waals surface area contributed by atoms with E-state index in [1.165, 1.54) is 30.7 Å². The minimum atomic E-state index is 0. The van der Waals surface area contributed by atoms with Crippen LogP contribution in [0.5, 0.6) is 0 Å². The number of amides is 1. The van der Waals surface area contributed by atoms with Crippen LogP contribution in [0.15, 0.2) is 22.5 Å². The van der Waals surface area contributed by atoms with Gasteiger partial charge in [-0.1, -0.05) is 12.8 Å². The van der Waals surface area contributed by atoms with E-state index in [-0.39, 0.29) is 36.4 Å². The van der Waals surface area contributed by atoms with E-state index in [1.54, 1.807) is 19.0 Å². The van der Waals surface area contributed by atoms with Crippen molar-refractivity contribution in [3.63, 3.8) is 0 Å². The summed E-state index contributed by atoms with van der Waals surface area (Å²) >= 11 is 1.81. The Balaban J connectivity index is 0.00000261. The van der Waals surface area contributed by atoms with Crippen LogP contribution < -0.4 is 15.5 Å². The maximum absolute atomic E-state index is 11.9. The van der Waals surface area contributed by atoms with Gasteiger partial charge in [0.25, 0.3) is 0 Å². The molecule has 1 aromatic rings. The molecule has 0 unspecified atom stereocenters. The Kier molecular flexibility index (Phi) is 9.14. The molecular formula is C19H32IN5OS. The van der Waals surface area contributed by atoms with Crippen molar-refractivity contribution < 1.29 is 4.79 Å². The lowest BCUT2D eigenvalue weighted by Crippen LogP contribution is -2.50. The second-order valence-corrected chi connectivity index (χ2v) is 8.36. The number of anilines is 1. The maximum Gasteiger partial charge on any atom is 0.243 e. The summed E-state index contributed by atoms with van der Waals surface area (Å²) in [4.78, 5) is 20.5. The first-order valence-electron chi connectivity index (χ1n) is 9.68. The number of nitrogens with one attached hydrogen (secondary N) is 2. The van der Waals surface area contributed by atoms with Crippen molar-refractivity contribution in [3.05, 3.63) is 17.5 Å². The van der Waals surface area contributed by atoms with Crippen molar-refractivity contribution in [1.82, 2.24) is 15.5 Å². The highest BCUT2D eigenvalue weighted by Gasteiger charge is 2.22. The molecule has 1 aromatic heterocycles. The number of guanidine groups is 1. The smallest absolute Gasteiger partial charge is 0.243 e. The fourth-order valence-electron chi connectivity index (χ4n) is 3.57. The van der Waals surface area contributed by atoms with E-state index in [0.29, 0.717) is 12.1 Å². The van der Waals surface area contributed by atoms with Gasteiger partial charge in [-0.15, -0.1) is 35.3 Å². The van der Waals surface area contributed by atoms with E-state index < -0.39 is 0 Å². The summed E-state index contributed by atoms with van der Waals surface area (Å²) in [5.74, 6) is 0.840. The number of thiophene rings is 1. The van der Waals surface area contributed by atoms with Crippen LogP contribution >= 0.6 is 35.3 Å². The van der Waals surface area contributed by atoms with Gasteiger partial charge >= 0.3 is 0 Å². The van der Waals surface area contributed by atoms with E-state index in [9.17, 15) is 4.79 Å². The average Bonchev–Trinajstić information content (AvgIpc) is 3.34. The Morgan fingerprint density at radius 3 is 2.37 bits per heavy atom. The van der Waals surface area contributed by atoms with Gasteiger partial charge in [-0.25, -0.2) is 4.99 Å². The van der Waals surface area contributed by atoms with Crippen molar-refractivity contribution in [2.24, 2.45) is 4.99 Å². The lowest BCUT2D eigenvalue weighted by atomic mass is 10.1. The monoisotopic (exact) mass is 505 g/mol. The average molecular weight is 505 g/mol. The largest absolute Gasteiger partial charge is 0.363 e. The molecule has 1 aliphatic heterocycles. The summed E-state index contributed by atoms with van der Waals surface area (Å²) < 4.78 is 0. The summed E-state index contributed by atoms with van der Waals surface area (Å²) in [7, 11) is 3.55. The van der Waals surface area contributed by atoms with Gasteiger partial charge in [0, 0.05) is 39.3 Å². The van der Waals surface area contributed by atoms with E-state index in [2.05, 4.69) is 38.0 Å². The zero-order valence-electron chi connectivity index (χ0n) is 16.3. The van der Waals surface area contributed by atoms with Gasteiger partial charge in [0.05, 0.1) is 5.00 Å². The number of rotatable bonds is 5. The van der Waals surface area contributed by atoms with Crippen LogP contribution in [0.4, 0.5) is 5.00 Å². The highest BCUT2D eigenvalue weighted by Crippen LogP contribution is 2.25. The lowest BCUT2D eigenvalue weighted by molar-refractivity contribution is -0.127. The Labute approximate surface area is 183 Å². The number of nitrogens with zero attached hydrogens (tertiary/aromatic N) is 3. The second kappa shape index (κ2) is 11.1. The summed E-state index contributed by atoms with van der Waals surface area (Å²) in [6.45, 7) is 2.32. The van der Waals surface area contributed by atoms with Crippen molar-refractivity contribution in [1.29, 1.82) is 0 Å². The van der Waals surface area contributed by atoms with Gasteiger partial charge in [0.1, 0.15) is 6.54 Å². The van der Waals surface area contributed by atoms with Gasteiger partial charge in [0.15, 0.2) is 5.96 Å². The fourth-order valence-corrected chi connectivity index (χ4v) is 4.36. The maximum atomic E-state index is 11.9. The Morgan fingerprint density at radius 2 is 1.81 bits per heavy atom. The minimum Gasteiger partial charge on any atom is -0.363 e. The van der Waals surface area contributed by atoms with Crippen molar-refractivity contribution in [2.75, 3.05) is 38.6 Å². The molecule has 0 atom stereocenters. The van der Waals surface area contributed by atoms with Crippen LogP contribution in [0.2, 0.25) is 0 Å². The fraction of sp³-hybridized carbons (Fsp3) is 0.684. The highest BCUT2D eigenvalue weighted by atomic mass is 127. The Bertz CT molecular complexity index is 593. The van der Waals surface area contributed by atoms with Gasteiger partial charge in [0.2, 0.25) is 5.91 Å². The zero-order chi connectivity index (χ0) is 18.4. The quantitative estimate of drug-likeness (QED) is 0.367. The van der Waals surface area contributed by atoms with Crippen molar-refractivity contribution >= 4 is 52.2 Å². The lowest BCUT2D eigenvalue weighted by Gasteiger charge is -2.34. The molecule has 8 heteroatoms. The highest BCUT2D eigenvalue weighted by molar-refractivity contribution is 14.0. The minimum absolute atomic E-state index is 0. The zero-order valence-corrected chi connectivity index (χ0v) is 19.5. The molecule has 2 N–H and O–H groups in total. The first kappa shape index (κ1) is 22.3. The third-order valence-electron chi connectivity index (χ3n) is 5.22. The molecular weight excluding hydrogens is 473 g/mol. The van der Waals surface area contributed by atoms with E-state index in [0.717, 1.165) is 31.9 Å². The molecule has 1 aliphatic carbocycles. The molecule has 0 spiro atoms. The number of aliphatic imine (C=N–C) groups is 1. The number of halogens is 1. The molecule has 0 aromatic carbocycles. The predicted molar refractivity (Wildman–Crippen MR) is 124 cm³/mol. The number of carbonyl (C=O) groups excluding carboxylic acids is 1. The first-order valence-corrected chi connectivity index (χ1v) is 10.6. The number of hydrogen-bond acceptors (Lipinski definition) is 4. The molecule has 0 radical (unpaired) electrons. The molecule has 0 bridgehead atoms. The van der Waals surface area contributed by atoms with Crippen molar-refractivity contribution in [2.45, 2.75) is 50.6 Å². The van der Waals surface area contributed by atoms with E-state index in [4.69, 9.17) is 0 Å². The molecule has 1 saturated heterocycles. The molecule has 1 saturated carbocycles. The van der Waals surface area contributed by atoms with Crippen LogP contribution in [0.3, 0.4) is 0 Å². The Hall–Kier alpha value is -1.03. The number of piperidine rings is 1. The van der Waals surface area contributed by atoms with E-state index >= 15 is 0 Å². The summed E-state index contributed by atoms with van der Waals surface area (Å²) in [5, 5.41) is 10.6. The normalized spacial score (nSPS) is 18.9. The van der Waals surface area contributed by atoms with E-state index in [1.807, 2.05) is 11.3 Å². The van der Waals surface area contributed by atoms with Crippen LogP contribution in [-0.2, 0) is 4.79 Å². The molecule has 152 valence electrons. The molecule has 2 heterocycles. The summed E-state index contributed by atoms with van der Waals surface area (Å²) in [6.07, 6.45) is 7.12. The van der Waals surface area contributed by atoms with Gasteiger partial charge in [-0.3, -0.25) is 4.79 Å². The van der Waals surface area contributed by atoms with Crippen LogP contribution in [-0.4, -0.2) is 62.6 Å². The molecule has 27 heavy (non-hydrogen) atoms. The SMILES string of the molecule is CN(C)C(=O)CN=C(NC1CCCC1)NC1CCN(c2cccs2)CC1.I. The van der Waals surface area contributed by atoms with Crippen LogP contribution in [0.25, 0.3) is 0 Å². The second-order valence-electron chi connectivity index (χ2n) is 7.44. The third kappa shape index (κ3) is 6.81. The Morgan fingerprint density at radius 1 is 1.19 bits per heavy atom. The van der Waals surface area contributed by atoms with Crippen molar-refractivity contribution in [3.8, 4) is 0 Å². The summed E-state index contributed by atoms with van der Waals surface area (Å²) in [5.41, 5.74) is 0. The molecule has 6 nitrogen and oxygen atoms in total. The molecule has 2 fully saturated rings. The topological polar surface area (TPSA) is 60.0 Å². The summed E-state index contributed by atoms with van der Waals surface area (Å²) in [6, 6.07) is 5.21. The molecule has 1 amide bonds. The van der Waals surface area contributed by atoms with Gasteiger partial charge < -0.3 is 20.4 Å². The number of carbonyl (C=O) groups is 1. The number of likely N-dealkylation sites (N-methyl/N-ethyl adjacent to an activating group) is 1. The standard InChI is InChI=1S/C19H31N5OS.HI/c1-23(2)17(25)14-20-19(21-15-6-3-4-7-15)22-16-9-11-24(12-10-16)18-8-5-13-26-18;/h5,8,13,15-16H,3-4,6-7,9-12,14H2,1-2H3,(H2,20,21,22);1H.